The summed E-state index contributed by atoms with van der Waals surface area (Å²) in [7, 11) is 0. The molecule has 1 heterocycles. The molecule has 0 saturated heterocycles. The number of H-pyrrole nitrogens is 1. The molecule has 1 aromatic rings. The summed E-state index contributed by atoms with van der Waals surface area (Å²) in [6.07, 6.45) is 3.64. The Bertz CT molecular complexity index is 283. The largest absolute Gasteiger partial charge is 0.461 e. The van der Waals surface area contributed by atoms with Crippen LogP contribution in [0.1, 0.15) is 30.3 Å². The molecule has 0 unspecified atom stereocenters. The van der Waals surface area contributed by atoms with Gasteiger partial charge in [0.05, 0.1) is 6.61 Å². The lowest BCUT2D eigenvalue weighted by atomic mass is 10.3. The Morgan fingerprint density at radius 3 is 3.00 bits per heavy atom. The molecule has 0 radical (unpaired) electrons. The second kappa shape index (κ2) is 5.07. The van der Waals surface area contributed by atoms with Crippen LogP contribution in [-0.2, 0) is 4.74 Å². The molecule has 1 rings (SSSR count). The first kappa shape index (κ1) is 10.3. The van der Waals surface area contributed by atoms with E-state index in [9.17, 15) is 4.79 Å². The van der Waals surface area contributed by atoms with E-state index in [0.29, 0.717) is 12.3 Å². The molecule has 3 nitrogen and oxygen atoms in total. The Balaban J connectivity index is 2.40. The summed E-state index contributed by atoms with van der Waals surface area (Å²) >= 11 is 3.24. The van der Waals surface area contributed by atoms with Crippen molar-refractivity contribution < 1.29 is 9.53 Å². The summed E-state index contributed by atoms with van der Waals surface area (Å²) in [6, 6.07) is 1.70. The summed E-state index contributed by atoms with van der Waals surface area (Å²) in [6.45, 7) is 2.55. The zero-order valence-corrected chi connectivity index (χ0v) is 9.06. The molecule has 0 amide bonds. The van der Waals surface area contributed by atoms with E-state index in [1.807, 2.05) is 0 Å². The van der Waals surface area contributed by atoms with Crippen molar-refractivity contribution in [3.8, 4) is 0 Å². The molecule has 0 aliphatic carbocycles. The Hall–Kier alpha value is -0.770. The number of esters is 1. The Kier molecular flexibility index (Phi) is 4.02. The highest BCUT2D eigenvalue weighted by Crippen LogP contribution is 2.11. The van der Waals surface area contributed by atoms with E-state index in [0.717, 1.165) is 17.3 Å². The van der Waals surface area contributed by atoms with E-state index < -0.39 is 0 Å². The average molecular weight is 246 g/mol. The maximum atomic E-state index is 11.3. The quantitative estimate of drug-likeness (QED) is 0.655. The molecular formula is C9H12BrNO2. The number of ether oxygens (including phenoxy) is 1. The number of carbonyl (C=O) groups is 1. The van der Waals surface area contributed by atoms with Gasteiger partial charge in [0, 0.05) is 10.7 Å². The van der Waals surface area contributed by atoms with Crippen molar-refractivity contribution in [2.45, 2.75) is 19.8 Å². The van der Waals surface area contributed by atoms with Gasteiger partial charge in [-0.3, -0.25) is 0 Å². The monoisotopic (exact) mass is 245 g/mol. The third-order valence-corrected chi connectivity index (χ3v) is 2.06. The van der Waals surface area contributed by atoms with Crippen LogP contribution in [0.3, 0.4) is 0 Å². The number of halogens is 1. The van der Waals surface area contributed by atoms with Gasteiger partial charge >= 0.3 is 5.97 Å². The Morgan fingerprint density at radius 2 is 2.46 bits per heavy atom. The van der Waals surface area contributed by atoms with Crippen LogP contribution in [0, 0.1) is 0 Å². The first-order valence-electron chi connectivity index (χ1n) is 4.25. The normalized spacial score (nSPS) is 10.0. The van der Waals surface area contributed by atoms with Gasteiger partial charge in [0.2, 0.25) is 0 Å². The van der Waals surface area contributed by atoms with Crippen molar-refractivity contribution in [2.24, 2.45) is 0 Å². The van der Waals surface area contributed by atoms with Gasteiger partial charge in [-0.1, -0.05) is 13.3 Å². The molecule has 0 spiro atoms. The molecule has 1 aromatic heterocycles. The Morgan fingerprint density at radius 1 is 1.69 bits per heavy atom. The number of aromatic nitrogens is 1. The van der Waals surface area contributed by atoms with Crippen LogP contribution in [-0.4, -0.2) is 17.6 Å². The molecule has 0 aromatic carbocycles. The number of hydrogen-bond acceptors (Lipinski definition) is 2. The lowest BCUT2D eigenvalue weighted by Gasteiger charge is -2.00. The molecule has 0 bridgehead atoms. The minimum Gasteiger partial charge on any atom is -0.461 e. The fourth-order valence-electron chi connectivity index (χ4n) is 0.873. The van der Waals surface area contributed by atoms with Gasteiger partial charge < -0.3 is 9.72 Å². The second-order valence-corrected chi connectivity index (χ2v) is 3.64. The van der Waals surface area contributed by atoms with Crippen molar-refractivity contribution in [1.29, 1.82) is 0 Å². The van der Waals surface area contributed by atoms with Gasteiger partial charge in [0.15, 0.2) is 0 Å². The maximum absolute atomic E-state index is 11.3. The summed E-state index contributed by atoms with van der Waals surface area (Å²) in [5, 5.41) is 0. The summed E-state index contributed by atoms with van der Waals surface area (Å²) in [4.78, 5) is 14.1. The van der Waals surface area contributed by atoms with Crippen molar-refractivity contribution in [3.63, 3.8) is 0 Å². The first-order chi connectivity index (χ1) is 6.24. The predicted octanol–water partition coefficient (Wildman–Crippen LogP) is 2.73. The molecule has 13 heavy (non-hydrogen) atoms. The SMILES string of the molecule is CCCCOC(=O)c1cc(Br)c[nH]1. The average Bonchev–Trinajstić information content (AvgIpc) is 2.52. The van der Waals surface area contributed by atoms with E-state index in [-0.39, 0.29) is 5.97 Å². The molecule has 0 atom stereocenters. The van der Waals surface area contributed by atoms with Gasteiger partial charge in [-0.05, 0) is 28.4 Å². The predicted molar refractivity (Wildman–Crippen MR) is 53.7 cm³/mol. The summed E-state index contributed by atoms with van der Waals surface area (Å²) < 4.78 is 5.85. The second-order valence-electron chi connectivity index (χ2n) is 2.72. The number of carbonyl (C=O) groups excluding carboxylic acids is 1. The highest BCUT2D eigenvalue weighted by Gasteiger charge is 2.08. The third-order valence-electron chi connectivity index (χ3n) is 1.60. The summed E-state index contributed by atoms with van der Waals surface area (Å²) in [5.74, 6) is -0.292. The number of aromatic amines is 1. The molecule has 72 valence electrons. The van der Waals surface area contributed by atoms with Crippen LogP contribution in [0.15, 0.2) is 16.7 Å². The highest BCUT2D eigenvalue weighted by atomic mass is 79.9. The molecule has 0 aliphatic rings. The summed E-state index contributed by atoms with van der Waals surface area (Å²) in [5.41, 5.74) is 0.489. The van der Waals surface area contributed by atoms with Gasteiger partial charge in [-0.25, -0.2) is 4.79 Å². The van der Waals surface area contributed by atoms with Crippen LogP contribution >= 0.6 is 15.9 Å². The van der Waals surface area contributed by atoms with Gasteiger partial charge in [-0.2, -0.15) is 0 Å². The van der Waals surface area contributed by atoms with E-state index >= 15 is 0 Å². The number of rotatable bonds is 4. The lowest BCUT2D eigenvalue weighted by molar-refractivity contribution is 0.0493. The lowest BCUT2D eigenvalue weighted by Crippen LogP contribution is -2.06. The van der Waals surface area contributed by atoms with Crippen LogP contribution < -0.4 is 0 Å². The molecule has 0 fully saturated rings. The molecule has 1 N–H and O–H groups in total. The van der Waals surface area contributed by atoms with Gasteiger partial charge in [0.25, 0.3) is 0 Å². The minimum absolute atomic E-state index is 0.292. The minimum atomic E-state index is -0.292. The maximum Gasteiger partial charge on any atom is 0.354 e. The Labute approximate surface area is 85.6 Å². The fraction of sp³-hybridized carbons (Fsp3) is 0.444. The fourth-order valence-corrected chi connectivity index (χ4v) is 1.22. The highest BCUT2D eigenvalue weighted by molar-refractivity contribution is 9.10. The topological polar surface area (TPSA) is 42.1 Å². The van der Waals surface area contributed by atoms with Gasteiger partial charge in [0.1, 0.15) is 5.69 Å². The third kappa shape index (κ3) is 3.22. The van der Waals surface area contributed by atoms with Crippen LogP contribution in [0.5, 0.6) is 0 Å². The van der Waals surface area contributed by atoms with Crippen LogP contribution in [0.25, 0.3) is 0 Å². The van der Waals surface area contributed by atoms with Crippen molar-refractivity contribution in [1.82, 2.24) is 4.98 Å². The zero-order valence-electron chi connectivity index (χ0n) is 7.47. The zero-order chi connectivity index (χ0) is 9.68. The van der Waals surface area contributed by atoms with Gasteiger partial charge in [-0.15, -0.1) is 0 Å². The van der Waals surface area contributed by atoms with E-state index in [4.69, 9.17) is 4.74 Å². The first-order valence-corrected chi connectivity index (χ1v) is 5.04. The molecular weight excluding hydrogens is 234 g/mol. The van der Waals surface area contributed by atoms with Crippen LogP contribution in [0.2, 0.25) is 0 Å². The molecule has 4 heteroatoms. The molecule has 0 saturated carbocycles. The van der Waals surface area contributed by atoms with E-state index in [2.05, 4.69) is 27.8 Å². The number of unbranched alkanes of at least 4 members (excludes halogenated alkanes) is 1. The standard InChI is InChI=1S/C9H12BrNO2/c1-2-3-4-13-9(12)8-5-7(10)6-11-8/h5-6,11H,2-4H2,1H3. The van der Waals surface area contributed by atoms with E-state index in [1.165, 1.54) is 0 Å². The smallest absolute Gasteiger partial charge is 0.354 e. The number of nitrogens with one attached hydrogen (secondary N) is 1. The van der Waals surface area contributed by atoms with E-state index in [1.54, 1.807) is 12.3 Å². The number of hydrogen-bond donors (Lipinski definition) is 1. The van der Waals surface area contributed by atoms with Crippen molar-refractivity contribution >= 4 is 21.9 Å². The van der Waals surface area contributed by atoms with Crippen molar-refractivity contribution in [3.05, 3.63) is 22.4 Å². The van der Waals surface area contributed by atoms with Crippen molar-refractivity contribution in [2.75, 3.05) is 6.61 Å². The van der Waals surface area contributed by atoms with Crippen LogP contribution in [0.4, 0.5) is 0 Å². The molecule has 0 aliphatic heterocycles.